The molecule has 1 fully saturated rings. The SMILES string of the molecule is CC(CC(=O)OC(C(=O)NC1CC1)c1ccc(F)cc1)c1ccccc1. The summed E-state index contributed by atoms with van der Waals surface area (Å²) in [6.45, 7) is 1.94. The molecule has 4 nitrogen and oxygen atoms in total. The molecule has 5 heteroatoms. The maximum absolute atomic E-state index is 13.2. The number of amides is 1. The Morgan fingerprint density at radius 3 is 2.35 bits per heavy atom. The van der Waals surface area contributed by atoms with Crippen LogP contribution >= 0.6 is 0 Å². The zero-order chi connectivity index (χ0) is 18.5. The lowest BCUT2D eigenvalue weighted by Crippen LogP contribution is -2.33. The highest BCUT2D eigenvalue weighted by atomic mass is 19.1. The van der Waals surface area contributed by atoms with Crippen LogP contribution in [0.4, 0.5) is 4.39 Å². The molecule has 1 aliphatic rings. The van der Waals surface area contributed by atoms with Gasteiger partial charge in [0.05, 0.1) is 6.42 Å². The van der Waals surface area contributed by atoms with Gasteiger partial charge in [0.1, 0.15) is 5.82 Å². The first-order chi connectivity index (χ1) is 12.5. The first-order valence-electron chi connectivity index (χ1n) is 8.83. The topological polar surface area (TPSA) is 55.4 Å². The molecule has 2 unspecified atom stereocenters. The standard InChI is InChI=1S/C21H22FNO3/c1-14(15-5-3-2-4-6-15)13-19(24)26-20(21(25)23-18-11-12-18)16-7-9-17(22)10-8-16/h2-10,14,18,20H,11-13H2,1H3,(H,23,25). The number of hydrogen-bond acceptors (Lipinski definition) is 3. The van der Waals surface area contributed by atoms with Crippen molar-refractivity contribution in [3.05, 3.63) is 71.5 Å². The molecule has 2 aromatic rings. The normalized spacial score (nSPS) is 15.8. The molecule has 0 saturated heterocycles. The molecule has 136 valence electrons. The van der Waals surface area contributed by atoms with Crippen molar-refractivity contribution in [1.82, 2.24) is 5.32 Å². The fourth-order valence-electron chi connectivity index (χ4n) is 2.74. The van der Waals surface area contributed by atoms with Crippen molar-refractivity contribution in [1.29, 1.82) is 0 Å². The third kappa shape index (κ3) is 4.91. The molecule has 0 bridgehead atoms. The van der Waals surface area contributed by atoms with Crippen molar-refractivity contribution in [2.75, 3.05) is 0 Å². The van der Waals surface area contributed by atoms with Gasteiger partial charge in [0.2, 0.25) is 6.10 Å². The van der Waals surface area contributed by atoms with Gasteiger partial charge in [-0.3, -0.25) is 9.59 Å². The third-order valence-electron chi connectivity index (χ3n) is 4.43. The Hall–Kier alpha value is -2.69. The number of nitrogens with one attached hydrogen (secondary N) is 1. The monoisotopic (exact) mass is 355 g/mol. The van der Waals surface area contributed by atoms with E-state index in [4.69, 9.17) is 4.74 Å². The maximum Gasteiger partial charge on any atom is 0.307 e. The molecular formula is C21H22FNO3. The Labute approximate surface area is 152 Å². The van der Waals surface area contributed by atoms with Gasteiger partial charge in [-0.15, -0.1) is 0 Å². The van der Waals surface area contributed by atoms with Gasteiger partial charge in [-0.25, -0.2) is 4.39 Å². The summed E-state index contributed by atoms with van der Waals surface area (Å²) < 4.78 is 18.7. The Morgan fingerprint density at radius 2 is 1.73 bits per heavy atom. The van der Waals surface area contributed by atoms with Crippen LogP contribution in [0.1, 0.15) is 49.3 Å². The summed E-state index contributed by atoms with van der Waals surface area (Å²) in [7, 11) is 0. The van der Waals surface area contributed by atoms with Gasteiger partial charge in [-0.2, -0.15) is 0 Å². The fourth-order valence-corrected chi connectivity index (χ4v) is 2.74. The number of carbonyl (C=O) groups is 2. The zero-order valence-electron chi connectivity index (χ0n) is 14.7. The van der Waals surface area contributed by atoms with E-state index in [1.807, 2.05) is 37.3 Å². The number of hydrogen-bond donors (Lipinski definition) is 1. The van der Waals surface area contributed by atoms with Crippen molar-refractivity contribution >= 4 is 11.9 Å². The predicted octanol–water partition coefficient (Wildman–Crippen LogP) is 3.88. The van der Waals surface area contributed by atoms with Crippen LogP contribution in [0.5, 0.6) is 0 Å². The summed E-state index contributed by atoms with van der Waals surface area (Å²) in [5.41, 5.74) is 1.50. The highest BCUT2D eigenvalue weighted by Gasteiger charge is 2.31. The molecule has 0 heterocycles. The molecule has 0 spiro atoms. The number of carbonyl (C=O) groups excluding carboxylic acids is 2. The minimum absolute atomic E-state index is 0.0240. The van der Waals surface area contributed by atoms with Crippen LogP contribution in [-0.4, -0.2) is 17.9 Å². The van der Waals surface area contributed by atoms with Crippen LogP contribution < -0.4 is 5.32 Å². The van der Waals surface area contributed by atoms with Crippen LogP contribution in [0.25, 0.3) is 0 Å². The minimum Gasteiger partial charge on any atom is -0.447 e. The van der Waals surface area contributed by atoms with Gasteiger partial charge in [0.15, 0.2) is 0 Å². The van der Waals surface area contributed by atoms with E-state index in [2.05, 4.69) is 5.32 Å². The largest absolute Gasteiger partial charge is 0.447 e. The molecule has 26 heavy (non-hydrogen) atoms. The molecule has 0 aromatic heterocycles. The summed E-state index contributed by atoms with van der Waals surface area (Å²) in [6, 6.07) is 15.3. The van der Waals surface area contributed by atoms with Gasteiger partial charge in [0.25, 0.3) is 5.91 Å². The number of benzene rings is 2. The minimum atomic E-state index is -1.06. The molecule has 1 saturated carbocycles. The van der Waals surface area contributed by atoms with Crippen LogP contribution in [0, 0.1) is 5.82 Å². The average Bonchev–Trinajstić information content (AvgIpc) is 3.45. The molecule has 2 atom stereocenters. The van der Waals surface area contributed by atoms with Crippen LogP contribution in [0.15, 0.2) is 54.6 Å². The Morgan fingerprint density at radius 1 is 1.08 bits per heavy atom. The highest BCUT2D eigenvalue weighted by molar-refractivity contribution is 5.85. The van der Waals surface area contributed by atoms with Crippen LogP contribution in [0.3, 0.4) is 0 Å². The van der Waals surface area contributed by atoms with E-state index in [1.165, 1.54) is 24.3 Å². The quantitative estimate of drug-likeness (QED) is 0.767. The van der Waals surface area contributed by atoms with Crippen molar-refractivity contribution < 1.29 is 18.7 Å². The van der Waals surface area contributed by atoms with E-state index in [0.717, 1.165) is 18.4 Å². The Kier molecular flexibility index (Phi) is 5.66. The van der Waals surface area contributed by atoms with E-state index < -0.39 is 17.9 Å². The van der Waals surface area contributed by atoms with Crippen molar-refractivity contribution in [3.8, 4) is 0 Å². The summed E-state index contributed by atoms with van der Waals surface area (Å²) in [5.74, 6) is -1.25. The fraction of sp³-hybridized carbons (Fsp3) is 0.333. The van der Waals surface area contributed by atoms with Crippen molar-refractivity contribution in [3.63, 3.8) is 0 Å². The summed E-state index contributed by atoms with van der Waals surface area (Å²) in [6.07, 6.45) is 0.965. The molecule has 0 aliphatic heterocycles. The van der Waals surface area contributed by atoms with Crippen LogP contribution in [0.2, 0.25) is 0 Å². The Balaban J connectivity index is 1.68. The molecule has 1 amide bonds. The lowest BCUT2D eigenvalue weighted by molar-refractivity contribution is -0.156. The Bertz CT molecular complexity index is 757. The van der Waals surface area contributed by atoms with Crippen molar-refractivity contribution in [2.24, 2.45) is 0 Å². The second kappa shape index (κ2) is 8.13. The third-order valence-corrected chi connectivity index (χ3v) is 4.43. The molecule has 1 aliphatic carbocycles. The summed E-state index contributed by atoms with van der Waals surface area (Å²) in [4.78, 5) is 24.9. The highest BCUT2D eigenvalue weighted by Crippen LogP contribution is 2.25. The number of rotatable bonds is 7. The second-order valence-electron chi connectivity index (χ2n) is 6.72. The molecule has 3 rings (SSSR count). The van der Waals surface area contributed by atoms with Crippen molar-refractivity contribution in [2.45, 2.75) is 44.2 Å². The summed E-state index contributed by atoms with van der Waals surface area (Å²) in [5, 5.41) is 2.85. The van der Waals surface area contributed by atoms with Gasteiger partial charge in [0, 0.05) is 11.6 Å². The first kappa shape index (κ1) is 18.1. The van der Waals surface area contributed by atoms with E-state index in [-0.39, 0.29) is 24.3 Å². The smallest absolute Gasteiger partial charge is 0.307 e. The van der Waals surface area contributed by atoms with E-state index >= 15 is 0 Å². The van der Waals surface area contributed by atoms with Gasteiger partial charge < -0.3 is 10.1 Å². The van der Waals surface area contributed by atoms with E-state index in [0.29, 0.717) is 5.56 Å². The predicted molar refractivity (Wildman–Crippen MR) is 95.9 cm³/mol. The van der Waals surface area contributed by atoms with Gasteiger partial charge in [-0.05, 0) is 36.5 Å². The molecule has 2 aromatic carbocycles. The maximum atomic E-state index is 13.2. The average molecular weight is 355 g/mol. The number of esters is 1. The number of halogens is 1. The zero-order valence-corrected chi connectivity index (χ0v) is 14.7. The molecule has 0 radical (unpaired) electrons. The van der Waals surface area contributed by atoms with E-state index in [9.17, 15) is 14.0 Å². The first-order valence-corrected chi connectivity index (χ1v) is 8.83. The van der Waals surface area contributed by atoms with Gasteiger partial charge in [-0.1, -0.05) is 49.4 Å². The lowest BCUT2D eigenvalue weighted by atomic mass is 9.98. The molecular weight excluding hydrogens is 333 g/mol. The van der Waals surface area contributed by atoms with Crippen LogP contribution in [-0.2, 0) is 14.3 Å². The number of ether oxygens (including phenoxy) is 1. The summed E-state index contributed by atoms with van der Waals surface area (Å²) >= 11 is 0. The van der Waals surface area contributed by atoms with E-state index in [1.54, 1.807) is 0 Å². The second-order valence-corrected chi connectivity index (χ2v) is 6.72. The molecule has 1 N–H and O–H groups in total. The van der Waals surface area contributed by atoms with Gasteiger partial charge >= 0.3 is 5.97 Å². The lowest BCUT2D eigenvalue weighted by Gasteiger charge is -2.19.